The molecule has 0 bridgehead atoms. The molecular formula is C16H23Cl2F3N2. The molecule has 1 N–H and O–H groups in total. The van der Waals surface area contributed by atoms with Crippen LogP contribution in [0.25, 0.3) is 0 Å². The largest absolute Gasteiger partial charge is 0.416 e. The molecule has 0 aromatic heterocycles. The molecule has 132 valence electrons. The maximum atomic E-state index is 13.0. The number of piperazine rings is 1. The first-order valence-corrected chi connectivity index (χ1v) is 7.97. The molecule has 0 unspecified atom stereocenters. The topological polar surface area (TPSA) is 15.3 Å². The smallest absolute Gasteiger partial charge is 0.314 e. The lowest BCUT2D eigenvalue weighted by Gasteiger charge is -2.36. The van der Waals surface area contributed by atoms with Gasteiger partial charge in [0.05, 0.1) is 5.56 Å². The van der Waals surface area contributed by atoms with E-state index in [1.807, 2.05) is 0 Å². The average molecular weight is 371 g/mol. The quantitative estimate of drug-likeness (QED) is 0.820. The Kier molecular flexibility index (Phi) is 7.65. The SMILES string of the molecule is CC(C)C[C@@H](c1cc(Cl)cc(C(F)(F)F)c1)N1CCNCC1.Cl. The summed E-state index contributed by atoms with van der Waals surface area (Å²) in [6, 6.07) is 3.89. The summed E-state index contributed by atoms with van der Waals surface area (Å²) in [5.74, 6) is 0.396. The molecule has 1 aliphatic heterocycles. The van der Waals surface area contributed by atoms with Gasteiger partial charge in [-0.1, -0.05) is 25.4 Å². The molecule has 2 nitrogen and oxygen atoms in total. The first-order valence-electron chi connectivity index (χ1n) is 7.60. The van der Waals surface area contributed by atoms with Gasteiger partial charge in [0.2, 0.25) is 0 Å². The van der Waals surface area contributed by atoms with Gasteiger partial charge in [-0.25, -0.2) is 0 Å². The molecule has 0 spiro atoms. The summed E-state index contributed by atoms with van der Waals surface area (Å²) in [4.78, 5) is 2.25. The van der Waals surface area contributed by atoms with Gasteiger partial charge >= 0.3 is 6.18 Å². The van der Waals surface area contributed by atoms with Gasteiger partial charge in [0.15, 0.2) is 0 Å². The number of rotatable bonds is 4. The van der Waals surface area contributed by atoms with E-state index in [1.54, 1.807) is 6.07 Å². The van der Waals surface area contributed by atoms with Gasteiger partial charge in [-0.3, -0.25) is 4.90 Å². The molecule has 0 aliphatic carbocycles. The van der Waals surface area contributed by atoms with Crippen LogP contribution in [0.2, 0.25) is 5.02 Å². The molecule has 1 aliphatic rings. The fraction of sp³-hybridized carbons (Fsp3) is 0.625. The molecule has 0 radical (unpaired) electrons. The van der Waals surface area contributed by atoms with Crippen molar-refractivity contribution in [1.82, 2.24) is 10.2 Å². The molecule has 2 rings (SSSR count). The number of hydrogen-bond acceptors (Lipinski definition) is 2. The highest BCUT2D eigenvalue weighted by molar-refractivity contribution is 6.30. The Morgan fingerprint density at radius 1 is 1.17 bits per heavy atom. The van der Waals surface area contributed by atoms with Crippen LogP contribution in [0.1, 0.15) is 37.4 Å². The summed E-state index contributed by atoms with van der Waals surface area (Å²) in [5.41, 5.74) is -0.00526. The molecule has 0 amide bonds. The lowest BCUT2D eigenvalue weighted by Crippen LogP contribution is -2.45. The monoisotopic (exact) mass is 370 g/mol. The number of nitrogens with one attached hydrogen (secondary N) is 1. The molecule has 1 aromatic carbocycles. The Balaban J connectivity index is 0.00000264. The molecule has 1 atom stereocenters. The third-order valence-electron chi connectivity index (χ3n) is 3.92. The summed E-state index contributed by atoms with van der Waals surface area (Å²) in [5, 5.41) is 3.42. The highest BCUT2D eigenvalue weighted by Crippen LogP contribution is 2.36. The van der Waals surface area contributed by atoms with E-state index in [-0.39, 0.29) is 23.5 Å². The van der Waals surface area contributed by atoms with Crippen molar-refractivity contribution in [3.05, 3.63) is 34.3 Å². The van der Waals surface area contributed by atoms with E-state index in [9.17, 15) is 13.2 Å². The molecule has 7 heteroatoms. The van der Waals surface area contributed by atoms with Crippen LogP contribution in [0.3, 0.4) is 0 Å². The molecule has 0 saturated carbocycles. The minimum absolute atomic E-state index is 0. The van der Waals surface area contributed by atoms with E-state index in [1.165, 1.54) is 6.07 Å². The van der Waals surface area contributed by atoms with Crippen molar-refractivity contribution in [3.8, 4) is 0 Å². The van der Waals surface area contributed by atoms with E-state index in [4.69, 9.17) is 11.6 Å². The third-order valence-corrected chi connectivity index (χ3v) is 4.14. The third kappa shape index (κ3) is 5.82. The maximum absolute atomic E-state index is 13.0. The van der Waals surface area contributed by atoms with Crippen molar-refractivity contribution in [2.24, 2.45) is 5.92 Å². The van der Waals surface area contributed by atoms with Crippen LogP contribution in [0.5, 0.6) is 0 Å². The van der Waals surface area contributed by atoms with Crippen molar-refractivity contribution in [2.45, 2.75) is 32.5 Å². The van der Waals surface area contributed by atoms with E-state index in [0.717, 1.165) is 38.7 Å². The fourth-order valence-electron chi connectivity index (χ4n) is 2.90. The van der Waals surface area contributed by atoms with Crippen molar-refractivity contribution < 1.29 is 13.2 Å². The Hall–Kier alpha value is -0.490. The Morgan fingerprint density at radius 2 is 1.78 bits per heavy atom. The van der Waals surface area contributed by atoms with Crippen LogP contribution < -0.4 is 5.32 Å². The van der Waals surface area contributed by atoms with Gasteiger partial charge < -0.3 is 5.32 Å². The van der Waals surface area contributed by atoms with Gasteiger partial charge in [0.25, 0.3) is 0 Å². The Bertz CT molecular complexity index is 501. The minimum Gasteiger partial charge on any atom is -0.314 e. The van der Waals surface area contributed by atoms with Crippen LogP contribution in [0, 0.1) is 5.92 Å². The van der Waals surface area contributed by atoms with Crippen LogP contribution in [-0.2, 0) is 6.18 Å². The average Bonchev–Trinajstić information content (AvgIpc) is 2.44. The lowest BCUT2D eigenvalue weighted by molar-refractivity contribution is -0.137. The second kappa shape index (κ2) is 8.56. The van der Waals surface area contributed by atoms with Gasteiger partial charge in [-0.2, -0.15) is 13.2 Å². The summed E-state index contributed by atoms with van der Waals surface area (Å²) < 4.78 is 39.1. The van der Waals surface area contributed by atoms with E-state index in [0.29, 0.717) is 11.5 Å². The fourth-order valence-corrected chi connectivity index (χ4v) is 3.15. The molecule has 1 heterocycles. The van der Waals surface area contributed by atoms with E-state index in [2.05, 4.69) is 24.1 Å². The van der Waals surface area contributed by atoms with Crippen LogP contribution in [0.4, 0.5) is 13.2 Å². The highest BCUT2D eigenvalue weighted by Gasteiger charge is 2.32. The number of hydrogen-bond donors (Lipinski definition) is 1. The summed E-state index contributed by atoms with van der Waals surface area (Å²) in [6.07, 6.45) is -3.55. The zero-order valence-electron chi connectivity index (χ0n) is 13.3. The zero-order valence-corrected chi connectivity index (χ0v) is 14.9. The van der Waals surface area contributed by atoms with E-state index < -0.39 is 11.7 Å². The molecular weight excluding hydrogens is 348 g/mol. The van der Waals surface area contributed by atoms with Crippen molar-refractivity contribution in [1.29, 1.82) is 0 Å². The number of halogens is 5. The van der Waals surface area contributed by atoms with Crippen LogP contribution in [-0.4, -0.2) is 31.1 Å². The predicted octanol–water partition coefficient (Wildman–Crippen LogP) is 4.77. The second-order valence-corrected chi connectivity index (χ2v) is 6.64. The highest BCUT2D eigenvalue weighted by atomic mass is 35.5. The predicted molar refractivity (Wildman–Crippen MR) is 90.3 cm³/mol. The van der Waals surface area contributed by atoms with E-state index >= 15 is 0 Å². The van der Waals surface area contributed by atoms with Crippen molar-refractivity contribution in [2.75, 3.05) is 26.2 Å². The molecule has 1 saturated heterocycles. The molecule has 1 aromatic rings. The Labute approximate surface area is 146 Å². The van der Waals surface area contributed by atoms with Crippen molar-refractivity contribution in [3.63, 3.8) is 0 Å². The first kappa shape index (κ1) is 20.6. The van der Waals surface area contributed by atoms with Crippen LogP contribution >= 0.6 is 24.0 Å². The number of nitrogens with zero attached hydrogens (tertiary/aromatic N) is 1. The number of alkyl halides is 3. The van der Waals surface area contributed by atoms with Gasteiger partial charge in [-0.15, -0.1) is 12.4 Å². The zero-order chi connectivity index (χ0) is 16.3. The first-order chi connectivity index (χ1) is 10.3. The standard InChI is InChI=1S/C16H22ClF3N2.ClH/c1-11(2)7-15(22-5-3-21-4-6-22)12-8-13(16(18,19)20)10-14(17)9-12;/h8-11,15,21H,3-7H2,1-2H3;1H/t15-;/m0./s1. The van der Waals surface area contributed by atoms with Gasteiger partial charge in [-0.05, 0) is 36.1 Å². The molecule has 1 fully saturated rings. The van der Waals surface area contributed by atoms with Crippen LogP contribution in [0.15, 0.2) is 18.2 Å². The Morgan fingerprint density at radius 3 is 2.30 bits per heavy atom. The normalized spacial score (nSPS) is 17.9. The maximum Gasteiger partial charge on any atom is 0.416 e. The number of benzene rings is 1. The summed E-state index contributed by atoms with van der Waals surface area (Å²) in [7, 11) is 0. The van der Waals surface area contributed by atoms with Crippen molar-refractivity contribution >= 4 is 24.0 Å². The summed E-state index contributed by atoms with van der Waals surface area (Å²) >= 11 is 5.94. The second-order valence-electron chi connectivity index (χ2n) is 6.20. The molecule has 23 heavy (non-hydrogen) atoms. The minimum atomic E-state index is -4.37. The summed E-state index contributed by atoms with van der Waals surface area (Å²) in [6.45, 7) is 7.58. The lowest BCUT2D eigenvalue weighted by atomic mass is 9.93. The van der Waals surface area contributed by atoms with Gasteiger partial charge in [0.1, 0.15) is 0 Å². The van der Waals surface area contributed by atoms with Gasteiger partial charge in [0, 0.05) is 37.2 Å².